The Hall–Kier alpha value is -4.10. The van der Waals surface area contributed by atoms with E-state index in [1.807, 2.05) is 17.0 Å². The number of carbonyl (C=O) groups is 1. The van der Waals surface area contributed by atoms with Crippen molar-refractivity contribution in [2.24, 2.45) is 0 Å². The van der Waals surface area contributed by atoms with Gasteiger partial charge >= 0.3 is 5.97 Å². The van der Waals surface area contributed by atoms with Crippen molar-refractivity contribution in [3.63, 3.8) is 0 Å². The van der Waals surface area contributed by atoms with Crippen LogP contribution in [0.5, 0.6) is 17.5 Å². The van der Waals surface area contributed by atoms with E-state index in [9.17, 15) is 28.0 Å². The van der Waals surface area contributed by atoms with E-state index in [-0.39, 0.29) is 35.3 Å². The standard InChI is InChI=1S/C23H23N3O9S/c1-33-18-14-17-16(13-19(18)36(30,31)32)24-23(34-17)15-8-11-25(12-9-15)10-4-2-3-5-22(29)35-26-20(27)6-7-21(26)28/h6-9,11-14,24H,2-5,10H2,1H3,(H,30,31,32)/p+1. The third kappa shape index (κ3) is 5.58. The van der Waals surface area contributed by atoms with Gasteiger partial charge in [0.05, 0.1) is 7.11 Å². The predicted molar refractivity (Wildman–Crippen MR) is 124 cm³/mol. The van der Waals surface area contributed by atoms with Gasteiger partial charge in [-0.2, -0.15) is 8.42 Å². The first-order chi connectivity index (χ1) is 17.2. The zero-order valence-electron chi connectivity index (χ0n) is 19.2. The lowest BCUT2D eigenvalue weighted by molar-refractivity contribution is -0.697. The molecule has 0 amide bonds. The van der Waals surface area contributed by atoms with Crippen molar-refractivity contribution in [1.29, 1.82) is 0 Å². The Labute approximate surface area is 205 Å². The fourth-order valence-electron chi connectivity index (χ4n) is 3.55. The molecule has 0 atom stereocenters. The van der Waals surface area contributed by atoms with E-state index in [1.54, 1.807) is 12.1 Å². The Kier molecular flexibility index (Phi) is 7.12. The Morgan fingerprint density at radius 1 is 1.08 bits per heavy atom. The van der Waals surface area contributed by atoms with Gasteiger partial charge in [-0.15, -0.1) is 4.73 Å². The van der Waals surface area contributed by atoms with Crippen molar-refractivity contribution in [3.8, 4) is 29.0 Å². The van der Waals surface area contributed by atoms with Crippen molar-refractivity contribution in [2.75, 3.05) is 7.11 Å². The number of benzene rings is 1. The molecule has 0 saturated carbocycles. The lowest BCUT2D eigenvalue weighted by Crippen LogP contribution is -2.32. The van der Waals surface area contributed by atoms with Crippen LogP contribution in [0.25, 0.3) is 22.6 Å². The fraction of sp³-hybridized carbons (Fsp3) is 0.261. The number of nitrogens with zero attached hydrogens (tertiary/aromatic N) is 3. The number of pyridine rings is 1. The van der Waals surface area contributed by atoms with Crippen LogP contribution in [0.3, 0.4) is 0 Å². The molecule has 0 unspecified atom stereocenters. The highest BCUT2D eigenvalue weighted by molar-refractivity contribution is 7.86. The summed E-state index contributed by atoms with van der Waals surface area (Å²) in [6.45, 7) is 0.705. The van der Waals surface area contributed by atoms with Gasteiger partial charge in [0.25, 0.3) is 10.1 Å². The number of carbonyl (C=O) groups excluding carboxylic acids is 1. The van der Waals surface area contributed by atoms with Crippen molar-refractivity contribution in [1.82, 2.24) is 9.71 Å². The summed E-state index contributed by atoms with van der Waals surface area (Å²) in [5.74, 6) is -1.05. The second-order valence-corrected chi connectivity index (χ2v) is 9.30. The van der Waals surface area contributed by atoms with Gasteiger partial charge in [0.1, 0.15) is 22.7 Å². The van der Waals surface area contributed by atoms with Crippen LogP contribution < -0.4 is 14.1 Å². The maximum absolute atomic E-state index is 11.9. The Morgan fingerprint density at radius 3 is 2.42 bits per heavy atom. The molecule has 4 rings (SSSR count). The van der Waals surface area contributed by atoms with E-state index in [0.29, 0.717) is 28.8 Å². The zero-order valence-corrected chi connectivity index (χ0v) is 20.0. The van der Waals surface area contributed by atoms with Gasteiger partial charge in [0.2, 0.25) is 17.7 Å². The topological polar surface area (TPSA) is 165 Å². The van der Waals surface area contributed by atoms with Gasteiger partial charge in [-0.25, -0.2) is 14.3 Å². The van der Waals surface area contributed by atoms with Gasteiger partial charge in [-0.3, -0.25) is 4.55 Å². The summed E-state index contributed by atoms with van der Waals surface area (Å²) < 4.78 is 46.0. The monoisotopic (exact) mass is 518 g/mol. The first-order valence-electron chi connectivity index (χ1n) is 10.9. The molecule has 0 aliphatic rings. The van der Waals surface area contributed by atoms with Crippen LogP contribution in [0.2, 0.25) is 0 Å². The number of aryl methyl sites for hydroxylation is 1. The quantitative estimate of drug-likeness (QED) is 0.161. The van der Waals surface area contributed by atoms with Crippen LogP contribution >= 0.6 is 0 Å². The Balaban J connectivity index is 1.31. The van der Waals surface area contributed by atoms with Crippen LogP contribution in [0.15, 0.2) is 58.1 Å². The van der Waals surface area contributed by atoms with E-state index in [0.717, 1.165) is 12.8 Å². The van der Waals surface area contributed by atoms with Crippen LogP contribution in [-0.4, -0.2) is 46.0 Å². The maximum Gasteiger partial charge on any atom is 0.333 e. The third-order valence-corrected chi connectivity index (χ3v) is 6.25. The van der Waals surface area contributed by atoms with Crippen LogP contribution in [0.1, 0.15) is 25.7 Å². The van der Waals surface area contributed by atoms with Crippen molar-refractivity contribution in [3.05, 3.63) is 48.8 Å². The predicted octanol–water partition coefficient (Wildman–Crippen LogP) is 2.47. The number of aromatic hydroxyl groups is 2. The molecule has 0 bridgehead atoms. The number of ether oxygens (including phenoxy) is 1. The fourth-order valence-corrected chi connectivity index (χ4v) is 4.21. The molecule has 0 aliphatic heterocycles. The first kappa shape index (κ1) is 25.0. The number of aromatic nitrogens is 3. The molecule has 1 aromatic carbocycles. The molecule has 3 aromatic heterocycles. The summed E-state index contributed by atoms with van der Waals surface area (Å²) in [6, 6.07) is 8.59. The zero-order chi connectivity index (χ0) is 25.9. The molecule has 4 aromatic rings. The summed E-state index contributed by atoms with van der Waals surface area (Å²) in [6.07, 6.45) is 5.98. The van der Waals surface area contributed by atoms with Crippen molar-refractivity contribution in [2.45, 2.75) is 37.1 Å². The molecular formula is C23H24N3O9S+. The largest absolute Gasteiger partial charge is 0.495 e. The second kappa shape index (κ2) is 10.3. The summed E-state index contributed by atoms with van der Waals surface area (Å²) in [5, 5.41) is 19.0. The number of hydrogen-bond acceptors (Lipinski definition) is 9. The highest BCUT2D eigenvalue weighted by Gasteiger charge is 2.21. The number of unbranched alkanes of at least 4 members (excludes halogenated alkanes) is 2. The second-order valence-electron chi connectivity index (χ2n) is 7.91. The number of methoxy groups -OCH3 is 1. The van der Waals surface area contributed by atoms with E-state index >= 15 is 0 Å². The lowest BCUT2D eigenvalue weighted by atomic mass is 10.2. The van der Waals surface area contributed by atoms with E-state index in [2.05, 4.69) is 4.98 Å². The van der Waals surface area contributed by atoms with Gasteiger partial charge < -0.3 is 24.2 Å². The van der Waals surface area contributed by atoms with Crippen molar-refractivity contribution < 1.29 is 46.5 Å². The van der Waals surface area contributed by atoms with Crippen LogP contribution in [0, 0.1) is 0 Å². The molecule has 13 heteroatoms. The van der Waals surface area contributed by atoms with Crippen LogP contribution in [-0.2, 0) is 21.5 Å². The molecule has 36 heavy (non-hydrogen) atoms. The van der Waals surface area contributed by atoms with Gasteiger partial charge in [0, 0.05) is 48.7 Å². The average molecular weight is 519 g/mol. The van der Waals surface area contributed by atoms with E-state index < -0.39 is 21.0 Å². The third-order valence-electron chi connectivity index (χ3n) is 5.38. The Morgan fingerprint density at radius 2 is 1.78 bits per heavy atom. The van der Waals surface area contributed by atoms with Crippen LogP contribution in [0.4, 0.5) is 0 Å². The molecule has 190 valence electrons. The number of fused-ring (bicyclic) bond motifs is 1. The minimum Gasteiger partial charge on any atom is -0.495 e. The summed E-state index contributed by atoms with van der Waals surface area (Å²) in [7, 11) is -3.20. The SMILES string of the molecule is COc1cc2oc(-c3cc[n+](CCCCCC(=O)On4c(O)ccc4O)cc3)nc2cc1S(=O)(=O)O. The summed E-state index contributed by atoms with van der Waals surface area (Å²) in [4.78, 5) is 20.7. The van der Waals surface area contributed by atoms with Gasteiger partial charge in [0.15, 0.2) is 18.0 Å². The molecule has 12 nitrogen and oxygen atoms in total. The number of rotatable bonds is 10. The number of hydrogen-bond donors (Lipinski definition) is 3. The number of oxazole rings is 1. The van der Waals surface area contributed by atoms with Crippen molar-refractivity contribution >= 4 is 27.2 Å². The highest BCUT2D eigenvalue weighted by atomic mass is 32.2. The average Bonchev–Trinajstić information content (AvgIpc) is 3.40. The molecule has 0 spiro atoms. The van der Waals surface area contributed by atoms with E-state index in [1.165, 1.54) is 31.4 Å². The molecule has 0 saturated heterocycles. The minimum atomic E-state index is -4.49. The summed E-state index contributed by atoms with van der Waals surface area (Å²) in [5.41, 5.74) is 1.25. The van der Waals surface area contributed by atoms with Gasteiger partial charge in [-0.05, 0) is 18.9 Å². The smallest absolute Gasteiger partial charge is 0.333 e. The molecular weight excluding hydrogens is 494 g/mol. The molecule has 0 fully saturated rings. The lowest BCUT2D eigenvalue weighted by Gasteiger charge is -2.06. The minimum absolute atomic E-state index is 0.0483. The molecule has 3 N–H and O–H groups in total. The molecule has 0 radical (unpaired) electrons. The van der Waals surface area contributed by atoms with Gasteiger partial charge in [-0.1, -0.05) is 0 Å². The summed E-state index contributed by atoms with van der Waals surface area (Å²) >= 11 is 0. The first-order valence-corrected chi connectivity index (χ1v) is 12.4. The van der Waals surface area contributed by atoms with E-state index in [4.69, 9.17) is 14.0 Å². The normalized spacial score (nSPS) is 11.6. The maximum atomic E-state index is 11.9. The molecule has 0 aliphatic carbocycles. The molecule has 3 heterocycles. The highest BCUT2D eigenvalue weighted by Crippen LogP contribution is 2.32. The Bertz CT molecular complexity index is 1470.